The van der Waals surface area contributed by atoms with Crippen LogP contribution in [0.15, 0.2) is 44.8 Å². The minimum Gasteiger partial charge on any atom is -0.398 e. The molecule has 0 atom stereocenters. The zero-order valence-corrected chi connectivity index (χ0v) is 11.0. The second-order valence-electron chi connectivity index (χ2n) is 3.63. The van der Waals surface area contributed by atoms with Crippen LogP contribution in [0.5, 0.6) is 0 Å². The van der Waals surface area contributed by atoms with Gasteiger partial charge in [-0.15, -0.1) is 23.1 Å². The van der Waals surface area contributed by atoms with Gasteiger partial charge in [0, 0.05) is 30.2 Å². The van der Waals surface area contributed by atoms with Gasteiger partial charge in [0.25, 0.3) is 5.56 Å². The highest BCUT2D eigenvalue weighted by Crippen LogP contribution is 2.23. The molecule has 90 valence electrons. The van der Waals surface area contributed by atoms with Crippen LogP contribution in [0.3, 0.4) is 0 Å². The summed E-state index contributed by atoms with van der Waals surface area (Å²) in [7, 11) is 0. The topological polar surface area (TPSA) is 48.0 Å². The molecule has 0 aliphatic carbocycles. The molecule has 0 aliphatic rings. The minimum absolute atomic E-state index is 0.0142. The van der Waals surface area contributed by atoms with E-state index in [4.69, 9.17) is 5.73 Å². The molecule has 5 heteroatoms. The van der Waals surface area contributed by atoms with Gasteiger partial charge in [0.05, 0.1) is 4.21 Å². The number of nitrogen functional groups attached to an aromatic ring is 1. The van der Waals surface area contributed by atoms with Gasteiger partial charge in [-0.3, -0.25) is 4.79 Å². The van der Waals surface area contributed by atoms with Crippen molar-refractivity contribution in [1.29, 1.82) is 0 Å². The van der Waals surface area contributed by atoms with Crippen molar-refractivity contribution in [2.75, 3.05) is 11.5 Å². The maximum atomic E-state index is 11.5. The Morgan fingerprint density at radius 1 is 1.35 bits per heavy atom. The summed E-state index contributed by atoms with van der Waals surface area (Å²) >= 11 is 3.58. The first kappa shape index (κ1) is 12.3. The second-order valence-corrected chi connectivity index (χ2v) is 5.97. The Labute approximate surface area is 108 Å². The number of hydrogen-bond acceptors (Lipinski definition) is 4. The van der Waals surface area contributed by atoms with E-state index in [9.17, 15) is 4.79 Å². The lowest BCUT2D eigenvalue weighted by molar-refractivity contribution is 0.660. The normalized spacial score (nSPS) is 10.6. The number of hydrogen-bond donors (Lipinski definition) is 1. The molecular weight excluding hydrogens is 252 g/mol. The Balaban J connectivity index is 1.82. The van der Waals surface area contributed by atoms with E-state index in [0.717, 1.165) is 18.7 Å². The van der Waals surface area contributed by atoms with E-state index in [2.05, 4.69) is 17.5 Å². The van der Waals surface area contributed by atoms with Crippen LogP contribution >= 0.6 is 23.1 Å². The summed E-state index contributed by atoms with van der Waals surface area (Å²) in [4.78, 5) is 11.5. The molecule has 0 saturated carbocycles. The van der Waals surface area contributed by atoms with E-state index in [0.29, 0.717) is 5.69 Å². The number of anilines is 1. The quantitative estimate of drug-likeness (QED) is 0.668. The maximum Gasteiger partial charge on any atom is 0.250 e. The number of aromatic nitrogens is 1. The summed E-state index contributed by atoms with van der Waals surface area (Å²) in [5.41, 5.74) is 6.29. The molecule has 3 nitrogen and oxygen atoms in total. The molecule has 2 aromatic rings. The van der Waals surface area contributed by atoms with Crippen LogP contribution in [0, 0.1) is 0 Å². The van der Waals surface area contributed by atoms with E-state index < -0.39 is 0 Å². The van der Waals surface area contributed by atoms with Gasteiger partial charge in [0.2, 0.25) is 0 Å². The van der Waals surface area contributed by atoms with Gasteiger partial charge >= 0.3 is 0 Å². The van der Waals surface area contributed by atoms with Gasteiger partial charge in [-0.1, -0.05) is 6.07 Å². The number of nitrogens with two attached hydrogens (primary N) is 1. The van der Waals surface area contributed by atoms with E-state index in [1.165, 1.54) is 10.3 Å². The fourth-order valence-electron chi connectivity index (χ4n) is 1.48. The summed E-state index contributed by atoms with van der Waals surface area (Å²) in [6.07, 6.45) is 2.67. The van der Waals surface area contributed by atoms with Crippen LogP contribution in [0.4, 0.5) is 5.69 Å². The fraction of sp³-hybridized carbons (Fsp3) is 0.250. The van der Waals surface area contributed by atoms with E-state index >= 15 is 0 Å². The number of pyridine rings is 1. The molecular formula is C12H14N2OS2. The molecule has 2 rings (SSSR count). The van der Waals surface area contributed by atoms with Crippen LogP contribution < -0.4 is 11.3 Å². The van der Waals surface area contributed by atoms with E-state index in [1.807, 2.05) is 11.8 Å². The third-order valence-corrected chi connectivity index (χ3v) is 4.51. The Hall–Kier alpha value is -1.20. The van der Waals surface area contributed by atoms with Crippen LogP contribution in [0.2, 0.25) is 0 Å². The zero-order chi connectivity index (χ0) is 12.1. The fourth-order valence-corrected chi connectivity index (χ4v) is 3.26. The molecule has 0 unspecified atom stereocenters. The van der Waals surface area contributed by atoms with Crippen LogP contribution in [-0.4, -0.2) is 10.3 Å². The van der Waals surface area contributed by atoms with Crippen molar-refractivity contribution in [1.82, 2.24) is 4.57 Å². The van der Waals surface area contributed by atoms with Crippen molar-refractivity contribution in [2.24, 2.45) is 0 Å². The molecule has 0 spiro atoms. The molecule has 0 fully saturated rings. The standard InChI is InChI=1S/C12H14N2OS2/c13-10-4-5-11(15)14(9-10)6-2-8-17-12-3-1-7-16-12/h1,3-5,7,9H,2,6,8,13H2. The first-order valence-corrected chi connectivity index (χ1v) is 7.24. The predicted octanol–water partition coefficient (Wildman–Crippen LogP) is 2.67. The summed E-state index contributed by atoms with van der Waals surface area (Å²) in [6.45, 7) is 0.724. The van der Waals surface area contributed by atoms with Crippen molar-refractivity contribution in [3.8, 4) is 0 Å². The largest absolute Gasteiger partial charge is 0.398 e. The van der Waals surface area contributed by atoms with Gasteiger partial charge < -0.3 is 10.3 Å². The lowest BCUT2D eigenvalue weighted by atomic mass is 10.4. The Morgan fingerprint density at radius 3 is 3.00 bits per heavy atom. The number of aryl methyl sites for hydroxylation is 1. The molecule has 0 radical (unpaired) electrons. The minimum atomic E-state index is 0.0142. The molecule has 0 saturated heterocycles. The summed E-state index contributed by atoms with van der Waals surface area (Å²) in [6, 6.07) is 7.32. The Morgan fingerprint density at radius 2 is 2.24 bits per heavy atom. The van der Waals surface area contributed by atoms with Gasteiger partial charge in [0.1, 0.15) is 0 Å². The number of thioether (sulfide) groups is 1. The molecule has 17 heavy (non-hydrogen) atoms. The highest BCUT2D eigenvalue weighted by Gasteiger charge is 1.98. The van der Waals surface area contributed by atoms with Crippen molar-refractivity contribution in [3.05, 3.63) is 46.2 Å². The molecule has 0 aliphatic heterocycles. The lowest BCUT2D eigenvalue weighted by Crippen LogP contribution is -2.19. The monoisotopic (exact) mass is 266 g/mol. The number of nitrogens with zero attached hydrogens (tertiary/aromatic N) is 1. The van der Waals surface area contributed by atoms with Crippen molar-refractivity contribution < 1.29 is 0 Å². The molecule has 2 aromatic heterocycles. The maximum absolute atomic E-state index is 11.5. The predicted molar refractivity (Wildman–Crippen MR) is 74.8 cm³/mol. The smallest absolute Gasteiger partial charge is 0.250 e. The number of thiophene rings is 1. The van der Waals surface area contributed by atoms with Crippen LogP contribution in [0.25, 0.3) is 0 Å². The average Bonchev–Trinajstić information content (AvgIpc) is 2.82. The molecule has 2 N–H and O–H groups in total. The van der Waals surface area contributed by atoms with Crippen LogP contribution in [-0.2, 0) is 6.54 Å². The third kappa shape index (κ3) is 3.64. The second kappa shape index (κ2) is 5.93. The molecule has 2 heterocycles. The zero-order valence-electron chi connectivity index (χ0n) is 9.33. The lowest BCUT2D eigenvalue weighted by Gasteiger charge is -2.05. The van der Waals surface area contributed by atoms with Crippen molar-refractivity contribution in [2.45, 2.75) is 17.2 Å². The Bertz CT molecular complexity index is 520. The van der Waals surface area contributed by atoms with Crippen molar-refractivity contribution in [3.63, 3.8) is 0 Å². The van der Waals surface area contributed by atoms with Gasteiger partial charge in [-0.05, 0) is 23.9 Å². The molecule has 0 bridgehead atoms. The first-order chi connectivity index (χ1) is 8.25. The van der Waals surface area contributed by atoms with E-state index in [1.54, 1.807) is 28.2 Å². The van der Waals surface area contributed by atoms with Gasteiger partial charge in [-0.25, -0.2) is 0 Å². The van der Waals surface area contributed by atoms with E-state index in [-0.39, 0.29) is 5.56 Å². The molecule has 0 aromatic carbocycles. The number of rotatable bonds is 5. The summed E-state index contributed by atoms with van der Waals surface area (Å²) in [5, 5.41) is 2.07. The third-order valence-electron chi connectivity index (χ3n) is 2.29. The van der Waals surface area contributed by atoms with Gasteiger partial charge in [-0.2, -0.15) is 0 Å². The van der Waals surface area contributed by atoms with Crippen molar-refractivity contribution >= 4 is 28.8 Å². The highest BCUT2D eigenvalue weighted by molar-refractivity contribution is 8.01. The summed E-state index contributed by atoms with van der Waals surface area (Å²) < 4.78 is 2.99. The Kier molecular flexibility index (Phi) is 4.28. The highest BCUT2D eigenvalue weighted by atomic mass is 32.2. The molecule has 0 amide bonds. The SMILES string of the molecule is Nc1ccc(=O)n(CCCSc2cccs2)c1. The summed E-state index contributed by atoms with van der Waals surface area (Å²) in [5.74, 6) is 1.02. The first-order valence-electron chi connectivity index (χ1n) is 5.38. The van der Waals surface area contributed by atoms with Crippen LogP contribution in [0.1, 0.15) is 6.42 Å². The van der Waals surface area contributed by atoms with Gasteiger partial charge in [0.15, 0.2) is 0 Å². The average molecular weight is 266 g/mol.